The second-order valence-electron chi connectivity index (χ2n) is 4.24. The summed E-state index contributed by atoms with van der Waals surface area (Å²) in [5, 5.41) is 13.6. The molecular weight excluding hydrogens is 238 g/mol. The second-order valence-corrected chi connectivity index (χ2v) is 4.24. The number of aromatic hydroxyl groups is 1. The lowest BCUT2D eigenvalue weighted by Gasteiger charge is -2.08. The fourth-order valence-corrected chi connectivity index (χ4v) is 1.96. The molecule has 0 atom stereocenters. The van der Waals surface area contributed by atoms with Gasteiger partial charge in [-0.1, -0.05) is 6.07 Å². The van der Waals surface area contributed by atoms with Crippen molar-refractivity contribution in [3.05, 3.63) is 60.6 Å². The van der Waals surface area contributed by atoms with Gasteiger partial charge in [-0.15, -0.1) is 0 Å². The zero-order valence-electron chi connectivity index (χ0n) is 10.2. The Morgan fingerprint density at radius 2 is 1.95 bits per heavy atom. The third-order valence-corrected chi connectivity index (χ3v) is 2.91. The first kappa shape index (κ1) is 11.5. The van der Waals surface area contributed by atoms with Crippen LogP contribution in [0, 0.1) is 0 Å². The van der Waals surface area contributed by atoms with Crippen LogP contribution in [0.4, 0.5) is 5.69 Å². The highest BCUT2D eigenvalue weighted by atomic mass is 16.3. The number of hydrogen-bond donors (Lipinski definition) is 2. The third kappa shape index (κ3) is 2.47. The van der Waals surface area contributed by atoms with Crippen LogP contribution in [0.25, 0.3) is 10.9 Å². The van der Waals surface area contributed by atoms with Crippen LogP contribution < -0.4 is 5.32 Å². The summed E-state index contributed by atoms with van der Waals surface area (Å²) in [6.45, 7) is 0.605. The molecule has 0 radical (unpaired) electrons. The molecule has 0 amide bonds. The Hall–Kier alpha value is -2.62. The van der Waals surface area contributed by atoms with Crippen molar-refractivity contribution in [3.8, 4) is 5.75 Å². The average Bonchev–Trinajstić information content (AvgIpc) is 2.47. The van der Waals surface area contributed by atoms with E-state index in [1.807, 2.05) is 30.3 Å². The molecule has 0 fully saturated rings. The summed E-state index contributed by atoms with van der Waals surface area (Å²) in [5.41, 5.74) is 2.87. The molecule has 0 aliphatic rings. The van der Waals surface area contributed by atoms with E-state index in [9.17, 15) is 5.11 Å². The summed E-state index contributed by atoms with van der Waals surface area (Å²) in [6.07, 6.45) is 3.23. The number of anilines is 1. The molecule has 3 aromatic rings. The lowest BCUT2D eigenvalue weighted by Crippen LogP contribution is -2.01. The zero-order valence-corrected chi connectivity index (χ0v) is 10.2. The molecule has 0 aliphatic carbocycles. The van der Waals surface area contributed by atoms with Crippen LogP contribution in [0.3, 0.4) is 0 Å². The van der Waals surface area contributed by atoms with Gasteiger partial charge in [-0.2, -0.15) is 0 Å². The van der Waals surface area contributed by atoms with Crippen LogP contribution in [-0.4, -0.2) is 15.1 Å². The summed E-state index contributed by atoms with van der Waals surface area (Å²) in [7, 11) is 0. The predicted molar refractivity (Wildman–Crippen MR) is 75.0 cm³/mol. The van der Waals surface area contributed by atoms with Crippen molar-refractivity contribution in [2.45, 2.75) is 6.54 Å². The molecule has 0 unspecified atom stereocenters. The monoisotopic (exact) mass is 251 g/mol. The molecule has 0 spiro atoms. The van der Waals surface area contributed by atoms with E-state index in [1.165, 1.54) is 6.20 Å². The lowest BCUT2D eigenvalue weighted by molar-refractivity contribution is 0.472. The molecule has 2 heterocycles. The van der Waals surface area contributed by atoms with Gasteiger partial charge in [0.25, 0.3) is 0 Å². The van der Waals surface area contributed by atoms with E-state index in [4.69, 9.17) is 0 Å². The Morgan fingerprint density at radius 3 is 2.79 bits per heavy atom. The van der Waals surface area contributed by atoms with Crippen LogP contribution >= 0.6 is 0 Å². The molecule has 0 bridgehead atoms. The number of rotatable bonds is 3. The fourth-order valence-electron chi connectivity index (χ4n) is 1.96. The zero-order chi connectivity index (χ0) is 13.1. The quantitative estimate of drug-likeness (QED) is 0.751. The first-order valence-electron chi connectivity index (χ1n) is 6.04. The maximum absolute atomic E-state index is 9.19. The molecule has 3 rings (SSSR count). The first-order chi connectivity index (χ1) is 9.33. The largest absolute Gasteiger partial charge is 0.506 e. The van der Waals surface area contributed by atoms with Crippen molar-refractivity contribution in [2.75, 3.05) is 5.32 Å². The number of benzene rings is 1. The summed E-state index contributed by atoms with van der Waals surface area (Å²) in [4.78, 5) is 8.47. The van der Waals surface area contributed by atoms with Crippen molar-refractivity contribution < 1.29 is 5.11 Å². The van der Waals surface area contributed by atoms with E-state index >= 15 is 0 Å². The molecule has 4 heteroatoms. The van der Waals surface area contributed by atoms with E-state index < -0.39 is 0 Å². The predicted octanol–water partition coefficient (Wildman–Crippen LogP) is 2.95. The summed E-state index contributed by atoms with van der Waals surface area (Å²) in [6, 6.07) is 13.4. The molecule has 0 saturated heterocycles. The molecule has 94 valence electrons. The molecule has 2 aromatic heterocycles. The number of pyridine rings is 2. The maximum Gasteiger partial charge on any atom is 0.133 e. The molecule has 0 aliphatic heterocycles. The highest BCUT2D eigenvalue weighted by molar-refractivity contribution is 5.91. The third-order valence-electron chi connectivity index (χ3n) is 2.91. The molecule has 0 saturated carbocycles. The lowest BCUT2D eigenvalue weighted by atomic mass is 10.2. The van der Waals surface area contributed by atoms with Gasteiger partial charge in [-0.3, -0.25) is 9.97 Å². The number of hydrogen-bond acceptors (Lipinski definition) is 4. The minimum atomic E-state index is 0.179. The summed E-state index contributed by atoms with van der Waals surface area (Å²) >= 11 is 0. The standard InChI is InChI=1S/C15H13N3O/c19-12-7-6-11(17-10-12)9-18-15-5-1-4-14-13(15)3-2-8-16-14/h1-8,10,18-19H,9H2. The fraction of sp³-hybridized carbons (Fsp3) is 0.0667. The normalized spacial score (nSPS) is 10.5. The molecular formula is C15H13N3O. The molecule has 4 nitrogen and oxygen atoms in total. The number of nitrogens with one attached hydrogen (secondary N) is 1. The second kappa shape index (κ2) is 4.94. The van der Waals surface area contributed by atoms with Crippen LogP contribution in [0.5, 0.6) is 5.75 Å². The smallest absolute Gasteiger partial charge is 0.133 e. The summed E-state index contributed by atoms with van der Waals surface area (Å²) in [5.74, 6) is 0.179. The number of nitrogens with zero attached hydrogens (tertiary/aromatic N) is 2. The van der Waals surface area contributed by atoms with Crippen molar-refractivity contribution in [1.29, 1.82) is 0 Å². The van der Waals surface area contributed by atoms with Gasteiger partial charge >= 0.3 is 0 Å². The Kier molecular flexibility index (Phi) is 2.98. The Labute approximate surface area is 110 Å². The van der Waals surface area contributed by atoms with Gasteiger partial charge in [0.15, 0.2) is 0 Å². The molecule has 19 heavy (non-hydrogen) atoms. The highest BCUT2D eigenvalue weighted by Gasteiger charge is 2.01. The van der Waals surface area contributed by atoms with Gasteiger partial charge < -0.3 is 10.4 Å². The van der Waals surface area contributed by atoms with Gasteiger partial charge in [0.1, 0.15) is 5.75 Å². The molecule has 2 N–H and O–H groups in total. The van der Waals surface area contributed by atoms with E-state index in [0.717, 1.165) is 22.3 Å². The van der Waals surface area contributed by atoms with E-state index in [0.29, 0.717) is 6.54 Å². The number of fused-ring (bicyclic) bond motifs is 1. The topological polar surface area (TPSA) is 58.0 Å². The van der Waals surface area contributed by atoms with Crippen molar-refractivity contribution in [1.82, 2.24) is 9.97 Å². The average molecular weight is 251 g/mol. The maximum atomic E-state index is 9.19. The van der Waals surface area contributed by atoms with Crippen LogP contribution in [-0.2, 0) is 6.54 Å². The van der Waals surface area contributed by atoms with Gasteiger partial charge in [0, 0.05) is 17.3 Å². The minimum Gasteiger partial charge on any atom is -0.506 e. The van der Waals surface area contributed by atoms with E-state index in [1.54, 1.807) is 18.3 Å². The van der Waals surface area contributed by atoms with Crippen LogP contribution in [0.15, 0.2) is 54.9 Å². The molecule has 1 aromatic carbocycles. The van der Waals surface area contributed by atoms with Crippen LogP contribution in [0.1, 0.15) is 5.69 Å². The van der Waals surface area contributed by atoms with Crippen molar-refractivity contribution in [2.24, 2.45) is 0 Å². The Balaban J connectivity index is 1.84. The SMILES string of the molecule is Oc1ccc(CNc2cccc3ncccc23)nc1. The van der Waals surface area contributed by atoms with Gasteiger partial charge in [-0.25, -0.2) is 0 Å². The Bertz CT molecular complexity index is 690. The van der Waals surface area contributed by atoms with Gasteiger partial charge in [0.2, 0.25) is 0 Å². The summed E-state index contributed by atoms with van der Waals surface area (Å²) < 4.78 is 0. The first-order valence-corrected chi connectivity index (χ1v) is 6.04. The van der Waals surface area contributed by atoms with Crippen molar-refractivity contribution >= 4 is 16.6 Å². The van der Waals surface area contributed by atoms with Crippen molar-refractivity contribution in [3.63, 3.8) is 0 Å². The van der Waals surface area contributed by atoms with Gasteiger partial charge in [-0.05, 0) is 36.4 Å². The highest BCUT2D eigenvalue weighted by Crippen LogP contribution is 2.21. The number of aromatic nitrogens is 2. The van der Waals surface area contributed by atoms with E-state index in [2.05, 4.69) is 15.3 Å². The van der Waals surface area contributed by atoms with Gasteiger partial charge in [0.05, 0.1) is 24.0 Å². The minimum absolute atomic E-state index is 0.179. The van der Waals surface area contributed by atoms with E-state index in [-0.39, 0.29) is 5.75 Å². The van der Waals surface area contributed by atoms with Crippen LogP contribution in [0.2, 0.25) is 0 Å². The Morgan fingerprint density at radius 1 is 1.00 bits per heavy atom.